The Morgan fingerprint density at radius 3 is 2.18 bits per heavy atom. The average Bonchev–Trinajstić information content (AvgIpc) is 1.84. The summed E-state index contributed by atoms with van der Waals surface area (Å²) in [5, 5.41) is 2.79. The highest BCUT2D eigenvalue weighted by Gasteiger charge is 2.19. The van der Waals surface area contributed by atoms with E-state index in [4.69, 9.17) is 0 Å². The summed E-state index contributed by atoms with van der Waals surface area (Å²) in [6.07, 6.45) is 0. The van der Waals surface area contributed by atoms with Crippen LogP contribution in [0.1, 0.15) is 20.8 Å². The molecule has 0 aliphatic heterocycles. The Labute approximate surface area is 68.8 Å². The van der Waals surface area contributed by atoms with Crippen LogP contribution in [0.2, 0.25) is 0 Å². The van der Waals surface area contributed by atoms with Gasteiger partial charge in [0.2, 0.25) is 5.91 Å². The highest BCUT2D eigenvalue weighted by molar-refractivity contribution is 5.72. The van der Waals surface area contributed by atoms with Crippen molar-refractivity contribution in [3.8, 4) is 0 Å². The lowest BCUT2D eigenvalue weighted by Gasteiger charge is -2.32. The van der Waals surface area contributed by atoms with Gasteiger partial charge in [0, 0.05) is 19.0 Å². The zero-order chi connectivity index (χ0) is 9.07. The summed E-state index contributed by atoms with van der Waals surface area (Å²) in [6, 6.07) is 0. The van der Waals surface area contributed by atoms with Crippen LogP contribution >= 0.6 is 0 Å². The molecule has 0 bridgehead atoms. The lowest BCUT2D eigenvalue weighted by molar-refractivity contribution is -0.119. The maximum absolute atomic E-state index is 10.6. The van der Waals surface area contributed by atoms with Crippen LogP contribution in [0.15, 0.2) is 0 Å². The molecule has 0 saturated heterocycles. The van der Waals surface area contributed by atoms with Crippen LogP contribution in [-0.4, -0.2) is 37.0 Å². The molecule has 0 heterocycles. The van der Waals surface area contributed by atoms with Crippen molar-refractivity contribution in [2.24, 2.45) is 0 Å². The van der Waals surface area contributed by atoms with E-state index in [0.717, 1.165) is 0 Å². The van der Waals surface area contributed by atoms with Gasteiger partial charge in [0.25, 0.3) is 0 Å². The molecule has 0 aromatic heterocycles. The van der Waals surface area contributed by atoms with E-state index in [0.29, 0.717) is 6.54 Å². The molecule has 0 aromatic rings. The Hall–Kier alpha value is -0.570. The summed E-state index contributed by atoms with van der Waals surface area (Å²) in [7, 11) is 4.00. The molecular formula is C8H18N2O. The van der Waals surface area contributed by atoms with Gasteiger partial charge in [-0.25, -0.2) is 0 Å². The van der Waals surface area contributed by atoms with Crippen LogP contribution in [0.5, 0.6) is 0 Å². The summed E-state index contributed by atoms with van der Waals surface area (Å²) in [5.41, 5.74) is 0.0334. The number of carbonyl (C=O) groups excluding carboxylic acids is 1. The molecule has 0 spiro atoms. The molecule has 0 aromatic carbocycles. The van der Waals surface area contributed by atoms with Gasteiger partial charge in [-0.3, -0.25) is 4.79 Å². The van der Waals surface area contributed by atoms with Crippen molar-refractivity contribution >= 4 is 5.91 Å². The van der Waals surface area contributed by atoms with E-state index in [-0.39, 0.29) is 11.4 Å². The molecule has 0 aliphatic rings. The molecule has 0 fully saturated rings. The Morgan fingerprint density at radius 2 is 1.91 bits per heavy atom. The Bertz CT molecular complexity index is 141. The lowest BCUT2D eigenvalue weighted by Crippen LogP contribution is -2.47. The van der Waals surface area contributed by atoms with E-state index in [1.807, 2.05) is 14.1 Å². The second kappa shape index (κ2) is 3.72. The van der Waals surface area contributed by atoms with E-state index in [9.17, 15) is 4.79 Å². The fourth-order valence-electron chi connectivity index (χ4n) is 0.499. The van der Waals surface area contributed by atoms with Crippen LogP contribution in [0.3, 0.4) is 0 Å². The van der Waals surface area contributed by atoms with Crippen LogP contribution < -0.4 is 5.32 Å². The van der Waals surface area contributed by atoms with Crippen molar-refractivity contribution in [1.82, 2.24) is 10.2 Å². The number of hydrogen-bond acceptors (Lipinski definition) is 2. The van der Waals surface area contributed by atoms with Crippen molar-refractivity contribution in [2.45, 2.75) is 26.3 Å². The first-order chi connectivity index (χ1) is 4.86. The molecule has 11 heavy (non-hydrogen) atoms. The summed E-state index contributed by atoms with van der Waals surface area (Å²) in [5.74, 6) is 0.0277. The normalized spacial score (nSPS) is 11.8. The molecule has 3 heteroatoms. The van der Waals surface area contributed by atoms with E-state index in [1.165, 1.54) is 6.92 Å². The quantitative estimate of drug-likeness (QED) is 0.647. The van der Waals surface area contributed by atoms with Crippen molar-refractivity contribution in [3.05, 3.63) is 0 Å². The first-order valence-corrected chi connectivity index (χ1v) is 3.78. The molecule has 0 saturated carbocycles. The molecule has 0 radical (unpaired) electrons. The maximum atomic E-state index is 10.6. The smallest absolute Gasteiger partial charge is 0.216 e. The molecule has 1 amide bonds. The SMILES string of the molecule is CC(=O)NCC(C)(C)N(C)C. The van der Waals surface area contributed by atoms with Gasteiger partial charge in [-0.1, -0.05) is 0 Å². The fraction of sp³-hybridized carbons (Fsp3) is 0.875. The number of nitrogens with one attached hydrogen (secondary N) is 1. The van der Waals surface area contributed by atoms with Crippen molar-refractivity contribution in [2.75, 3.05) is 20.6 Å². The van der Waals surface area contributed by atoms with Crippen LogP contribution in [0.4, 0.5) is 0 Å². The predicted octanol–water partition coefficient (Wildman–Crippen LogP) is 0.463. The third kappa shape index (κ3) is 3.98. The molecule has 66 valence electrons. The number of nitrogens with zero attached hydrogens (tertiary/aromatic N) is 1. The van der Waals surface area contributed by atoms with Crippen molar-refractivity contribution < 1.29 is 4.79 Å². The third-order valence-corrected chi connectivity index (χ3v) is 1.98. The molecule has 1 N–H and O–H groups in total. The molecule has 0 unspecified atom stereocenters. The van der Waals surface area contributed by atoms with Gasteiger partial charge in [-0.2, -0.15) is 0 Å². The molecule has 0 aliphatic carbocycles. The third-order valence-electron chi connectivity index (χ3n) is 1.98. The van der Waals surface area contributed by atoms with Gasteiger partial charge < -0.3 is 10.2 Å². The molecule has 3 nitrogen and oxygen atoms in total. The Morgan fingerprint density at radius 1 is 1.45 bits per heavy atom. The number of rotatable bonds is 3. The van der Waals surface area contributed by atoms with Gasteiger partial charge in [-0.05, 0) is 27.9 Å². The Kier molecular flexibility index (Phi) is 3.52. The fourth-order valence-corrected chi connectivity index (χ4v) is 0.499. The van der Waals surface area contributed by atoms with E-state index in [2.05, 4.69) is 24.1 Å². The standard InChI is InChI=1S/C8H18N2O/c1-7(11)9-6-8(2,3)10(4)5/h6H2,1-5H3,(H,9,11). The summed E-state index contributed by atoms with van der Waals surface area (Å²) < 4.78 is 0. The van der Waals surface area contributed by atoms with Gasteiger partial charge in [0.1, 0.15) is 0 Å². The highest BCUT2D eigenvalue weighted by Crippen LogP contribution is 2.07. The minimum atomic E-state index is 0.0277. The first kappa shape index (κ1) is 10.4. The van der Waals surface area contributed by atoms with Crippen LogP contribution in [0.25, 0.3) is 0 Å². The molecule has 0 rings (SSSR count). The number of carbonyl (C=O) groups is 1. The predicted molar refractivity (Wildman–Crippen MR) is 46.4 cm³/mol. The number of hydrogen-bond donors (Lipinski definition) is 1. The summed E-state index contributed by atoms with van der Waals surface area (Å²) in [6.45, 7) is 6.40. The second-order valence-electron chi connectivity index (χ2n) is 3.62. The largest absolute Gasteiger partial charge is 0.355 e. The summed E-state index contributed by atoms with van der Waals surface area (Å²) in [4.78, 5) is 12.7. The minimum absolute atomic E-state index is 0.0277. The van der Waals surface area contributed by atoms with Crippen molar-refractivity contribution in [3.63, 3.8) is 0 Å². The number of likely N-dealkylation sites (N-methyl/N-ethyl adjacent to an activating group) is 1. The van der Waals surface area contributed by atoms with Crippen LogP contribution in [-0.2, 0) is 4.79 Å². The molecular weight excluding hydrogens is 140 g/mol. The van der Waals surface area contributed by atoms with Crippen LogP contribution in [0, 0.1) is 0 Å². The Balaban J connectivity index is 3.82. The van der Waals surface area contributed by atoms with Gasteiger partial charge in [-0.15, -0.1) is 0 Å². The van der Waals surface area contributed by atoms with Gasteiger partial charge >= 0.3 is 0 Å². The minimum Gasteiger partial charge on any atom is -0.355 e. The van der Waals surface area contributed by atoms with E-state index >= 15 is 0 Å². The van der Waals surface area contributed by atoms with E-state index in [1.54, 1.807) is 0 Å². The highest BCUT2D eigenvalue weighted by atomic mass is 16.1. The van der Waals surface area contributed by atoms with E-state index < -0.39 is 0 Å². The van der Waals surface area contributed by atoms with Crippen molar-refractivity contribution in [1.29, 1.82) is 0 Å². The first-order valence-electron chi connectivity index (χ1n) is 3.78. The maximum Gasteiger partial charge on any atom is 0.216 e. The average molecular weight is 158 g/mol. The monoisotopic (exact) mass is 158 g/mol. The second-order valence-corrected chi connectivity index (χ2v) is 3.62. The zero-order valence-corrected chi connectivity index (χ0v) is 8.06. The summed E-state index contributed by atoms with van der Waals surface area (Å²) >= 11 is 0. The zero-order valence-electron chi connectivity index (χ0n) is 8.06. The molecule has 0 atom stereocenters. The van der Waals surface area contributed by atoms with Gasteiger partial charge in [0.05, 0.1) is 0 Å². The lowest BCUT2D eigenvalue weighted by atomic mass is 10.0. The number of amides is 1. The topological polar surface area (TPSA) is 32.3 Å². The van der Waals surface area contributed by atoms with Gasteiger partial charge in [0.15, 0.2) is 0 Å².